The van der Waals surface area contributed by atoms with Gasteiger partial charge in [0.05, 0.1) is 83.0 Å². The van der Waals surface area contributed by atoms with Crippen LogP contribution in [0, 0.1) is 0 Å². The summed E-state index contributed by atoms with van der Waals surface area (Å²) >= 11 is 0. The highest BCUT2D eigenvalue weighted by atomic mass is 16.1. The molecule has 8 heterocycles. The predicted octanol–water partition coefficient (Wildman–Crippen LogP) is 28.9. The van der Waals surface area contributed by atoms with Crippen LogP contribution in [0.15, 0.2) is 471 Å². The Morgan fingerprint density at radius 1 is 0.164 bits per heavy atom. The minimum atomic E-state index is -0.0718. The molecule has 128 heavy (non-hydrogen) atoms. The van der Waals surface area contributed by atoms with Gasteiger partial charge in [-0.15, -0.1) is 0 Å². The first kappa shape index (κ1) is 73.4. The molecule has 0 saturated carbocycles. The van der Waals surface area contributed by atoms with E-state index < -0.39 is 0 Å². The summed E-state index contributed by atoms with van der Waals surface area (Å²) in [5.41, 5.74) is 31.3. The SMILES string of the molecule is O=c1c2cc(-n3c4ccccc4c4cc(-c5ccc6c(c5)c5ccccc5n6-c5ccccc5)ccc43)ccc2n2c(-c3ccccc3)cc(-c3ccccc3)c2n1-c1ccccc1.O=c1c2ccccc2n2cc(-c3cccc(-n4c5ccccc5c5cc(-c6ccc7c(c6)c6ccccc6n7-c6ccccc6)ccc54)c3)c(-c3ccccc3)c2n1-c1ccccc1. The van der Waals surface area contributed by atoms with Gasteiger partial charge in [0.1, 0.15) is 11.3 Å². The van der Waals surface area contributed by atoms with Crippen molar-refractivity contribution in [3.05, 3.63) is 482 Å². The maximum absolute atomic E-state index is 15.3. The van der Waals surface area contributed by atoms with E-state index in [2.05, 4.69) is 385 Å². The van der Waals surface area contributed by atoms with E-state index in [1.54, 1.807) is 0 Å². The van der Waals surface area contributed by atoms with E-state index in [-0.39, 0.29) is 11.1 Å². The lowest BCUT2D eigenvalue weighted by Crippen LogP contribution is -2.22. The van der Waals surface area contributed by atoms with Gasteiger partial charge in [-0.2, -0.15) is 0 Å². The Morgan fingerprint density at radius 2 is 0.477 bits per heavy atom. The average molecular weight is 1640 g/mol. The molecule has 18 aromatic carbocycles. The minimum absolute atomic E-state index is 0.0478. The maximum Gasteiger partial charge on any atom is 0.266 e. The van der Waals surface area contributed by atoms with E-state index in [1.165, 1.54) is 65.5 Å². The fraction of sp³-hybridized carbons (Fsp3) is 0. The van der Waals surface area contributed by atoms with Crippen molar-refractivity contribution in [2.24, 2.45) is 0 Å². The van der Waals surface area contributed by atoms with Crippen LogP contribution in [0.4, 0.5) is 0 Å². The summed E-state index contributed by atoms with van der Waals surface area (Å²) in [6.07, 6.45) is 2.21. The Labute approximate surface area is 734 Å². The number of hydrogen-bond donors (Lipinski definition) is 0. The van der Waals surface area contributed by atoms with Gasteiger partial charge in [0.15, 0.2) is 0 Å². The van der Waals surface area contributed by atoms with E-state index in [1.807, 2.05) is 112 Å². The highest BCUT2D eigenvalue weighted by molar-refractivity contribution is 6.16. The Bertz CT molecular complexity index is 9090. The predicted molar refractivity (Wildman–Crippen MR) is 531 cm³/mol. The van der Waals surface area contributed by atoms with Crippen LogP contribution < -0.4 is 11.1 Å². The quantitative estimate of drug-likeness (QED) is 0.122. The second-order valence-electron chi connectivity index (χ2n) is 33.0. The van der Waals surface area contributed by atoms with Gasteiger partial charge >= 0.3 is 0 Å². The molecule has 0 aliphatic carbocycles. The second-order valence-corrected chi connectivity index (χ2v) is 33.0. The fourth-order valence-electron chi connectivity index (χ4n) is 20.3. The molecule has 0 spiro atoms. The largest absolute Gasteiger partial charge is 0.309 e. The van der Waals surface area contributed by atoms with Crippen molar-refractivity contribution in [3.63, 3.8) is 0 Å². The molecule has 10 nitrogen and oxygen atoms in total. The van der Waals surface area contributed by atoms with Crippen molar-refractivity contribution in [2.45, 2.75) is 0 Å². The minimum Gasteiger partial charge on any atom is -0.309 e. The fourth-order valence-corrected chi connectivity index (χ4v) is 20.3. The second kappa shape index (κ2) is 29.7. The zero-order valence-corrected chi connectivity index (χ0v) is 69.3. The molecule has 8 aromatic heterocycles. The topological polar surface area (TPSA) is 72.5 Å². The van der Waals surface area contributed by atoms with Gasteiger partial charge in [-0.1, -0.05) is 285 Å². The zero-order chi connectivity index (χ0) is 84.6. The standard InChI is InChI=1S/2C59H38N4O/c64-59-51-37-45(31-34-56(51)63-57(40-19-7-2-8-20-40)38-48(39-17-5-1-6-18-39)58(63)62(59)44-23-11-4-12-24-44)61-53-28-16-14-26-47(53)50-36-42(30-33-55(50)61)41-29-32-54-49(35-41)46-25-13-15-27-52(46)60(54)43-21-9-3-10-22-43;64-59-48-27-12-13-28-52(48)60-38-51(57(39-17-4-1-5-18-39)58(60)63(59)44-22-8-3-9-23-44)42-19-16-24-45(35-42)62-54-30-15-11-26-47(54)50-37-41(32-34-56(50)62)40-31-33-55-49(36-40)46-25-10-14-29-53(46)61(55)43-20-6-2-7-21-43/h2*1-38H. The third-order valence-electron chi connectivity index (χ3n) is 25.9. The summed E-state index contributed by atoms with van der Waals surface area (Å²) in [6, 6.07) is 160. The number of para-hydroxylation sites is 9. The first-order valence-electron chi connectivity index (χ1n) is 43.4. The summed E-state index contributed by atoms with van der Waals surface area (Å²) in [4.78, 5) is 29.9. The molecular formula is C118H76N8O2. The number of nitrogens with zero attached hydrogens (tertiary/aromatic N) is 8. The third-order valence-corrected chi connectivity index (χ3v) is 25.9. The smallest absolute Gasteiger partial charge is 0.266 e. The lowest BCUT2D eigenvalue weighted by molar-refractivity contribution is 1.00. The van der Waals surface area contributed by atoms with Crippen LogP contribution in [0.1, 0.15) is 0 Å². The van der Waals surface area contributed by atoms with Gasteiger partial charge in [0.25, 0.3) is 11.1 Å². The molecule has 0 fully saturated rings. The van der Waals surface area contributed by atoms with Crippen LogP contribution in [-0.2, 0) is 0 Å². The van der Waals surface area contributed by atoms with Gasteiger partial charge < -0.3 is 22.7 Å². The molecule has 26 rings (SSSR count). The lowest BCUT2D eigenvalue weighted by Gasteiger charge is -2.17. The molecule has 0 atom stereocenters. The van der Waals surface area contributed by atoms with Gasteiger partial charge in [0.2, 0.25) is 0 Å². The molecule has 0 amide bonds. The van der Waals surface area contributed by atoms with Gasteiger partial charge in [-0.05, 0) is 214 Å². The number of hydrogen-bond acceptors (Lipinski definition) is 2. The zero-order valence-electron chi connectivity index (χ0n) is 69.3. The van der Waals surface area contributed by atoms with Crippen molar-refractivity contribution in [1.29, 1.82) is 0 Å². The van der Waals surface area contributed by atoms with Crippen LogP contribution >= 0.6 is 0 Å². The maximum atomic E-state index is 15.3. The molecule has 0 saturated heterocycles. The number of benzene rings is 18. The van der Waals surface area contributed by atoms with E-state index in [0.29, 0.717) is 10.8 Å². The number of aromatic nitrogens is 8. The van der Waals surface area contributed by atoms with Crippen LogP contribution in [0.25, 0.3) is 221 Å². The Kier molecular flexibility index (Phi) is 17.0. The van der Waals surface area contributed by atoms with Crippen molar-refractivity contribution >= 4 is 120 Å². The Morgan fingerprint density at radius 3 is 0.914 bits per heavy atom. The summed E-state index contributed by atoms with van der Waals surface area (Å²) in [7, 11) is 0. The lowest BCUT2D eigenvalue weighted by atomic mass is 9.98. The summed E-state index contributed by atoms with van der Waals surface area (Å²) in [6.45, 7) is 0. The monoisotopic (exact) mass is 1640 g/mol. The molecule has 0 bridgehead atoms. The molecule has 600 valence electrons. The van der Waals surface area contributed by atoms with Crippen LogP contribution in [0.3, 0.4) is 0 Å². The first-order chi connectivity index (χ1) is 63.4. The first-order valence-corrected chi connectivity index (χ1v) is 43.4. The van der Waals surface area contributed by atoms with Crippen molar-refractivity contribution in [3.8, 4) is 101 Å². The molecule has 10 heteroatoms. The molecular weight excluding hydrogens is 1560 g/mol. The normalized spacial score (nSPS) is 11.8. The van der Waals surface area contributed by atoms with Crippen molar-refractivity contribution in [2.75, 3.05) is 0 Å². The van der Waals surface area contributed by atoms with Crippen LogP contribution in [0.5, 0.6) is 0 Å². The molecule has 26 aromatic rings. The molecule has 0 aliphatic heterocycles. The van der Waals surface area contributed by atoms with Gasteiger partial charge in [0, 0.05) is 88.7 Å². The molecule has 0 unspecified atom stereocenters. The molecule has 0 aliphatic rings. The summed E-state index contributed by atoms with van der Waals surface area (Å²) in [5, 5.41) is 10.9. The van der Waals surface area contributed by atoms with Gasteiger partial charge in [-0.3, -0.25) is 23.1 Å². The molecule has 0 N–H and O–H groups in total. The van der Waals surface area contributed by atoms with Gasteiger partial charge in [-0.25, -0.2) is 0 Å². The van der Waals surface area contributed by atoms with Crippen molar-refractivity contribution < 1.29 is 0 Å². The summed E-state index contributed by atoms with van der Waals surface area (Å²) in [5.74, 6) is 0. The number of fused-ring (bicyclic) bond motifs is 18. The highest BCUT2D eigenvalue weighted by Crippen LogP contribution is 2.46. The third kappa shape index (κ3) is 11.7. The Balaban J connectivity index is 0.000000139. The van der Waals surface area contributed by atoms with Crippen LogP contribution in [0.2, 0.25) is 0 Å². The van der Waals surface area contributed by atoms with E-state index in [4.69, 9.17) is 0 Å². The van der Waals surface area contributed by atoms with Crippen LogP contribution in [-0.4, -0.2) is 36.2 Å². The average Bonchev–Trinajstić information content (AvgIpc) is 1.53. The van der Waals surface area contributed by atoms with E-state index in [0.717, 1.165) is 145 Å². The Hall–Kier alpha value is -17.3. The summed E-state index contributed by atoms with van der Waals surface area (Å²) < 4.78 is 17.7. The highest BCUT2D eigenvalue weighted by Gasteiger charge is 2.27. The number of rotatable bonds is 12. The van der Waals surface area contributed by atoms with E-state index in [9.17, 15) is 4.79 Å². The van der Waals surface area contributed by atoms with E-state index >= 15 is 4.79 Å². The molecule has 0 radical (unpaired) electrons. The van der Waals surface area contributed by atoms with Crippen molar-refractivity contribution in [1.82, 2.24) is 36.2 Å².